The van der Waals surface area contributed by atoms with Gasteiger partial charge in [0.1, 0.15) is 17.7 Å². The molecule has 0 atom stereocenters. The van der Waals surface area contributed by atoms with Gasteiger partial charge in [0.05, 0.1) is 4.92 Å². The highest BCUT2D eigenvalue weighted by molar-refractivity contribution is 5.62. The molecule has 2 heterocycles. The lowest BCUT2D eigenvalue weighted by molar-refractivity contribution is -0.384. The molecule has 1 spiro atoms. The van der Waals surface area contributed by atoms with Crippen molar-refractivity contribution in [1.29, 1.82) is 0 Å². The quantitative estimate of drug-likeness (QED) is 0.678. The van der Waals surface area contributed by atoms with Crippen LogP contribution >= 0.6 is 0 Å². The molecule has 2 aliphatic rings. The van der Waals surface area contributed by atoms with Gasteiger partial charge in [-0.2, -0.15) is 0 Å². The summed E-state index contributed by atoms with van der Waals surface area (Å²) in [6.45, 7) is 1.83. The first-order valence-corrected chi connectivity index (χ1v) is 8.28. The predicted molar refractivity (Wildman–Crippen MR) is 93.0 cm³/mol. The van der Waals surface area contributed by atoms with E-state index >= 15 is 0 Å². The van der Waals surface area contributed by atoms with Crippen molar-refractivity contribution >= 4 is 17.2 Å². The van der Waals surface area contributed by atoms with Crippen molar-refractivity contribution in [3.63, 3.8) is 0 Å². The molecule has 0 radical (unpaired) electrons. The standard InChI is InChI=1S/C18H20N4O2/c19-15-9-17(20-12-16(15)22(23)24)21-7-5-18(6-8-21)10-13-3-1-2-4-14(13)11-18/h1-4,9,12H,5-8,10-11H2,(H2,19,20). The van der Waals surface area contributed by atoms with Gasteiger partial charge in [0.15, 0.2) is 0 Å². The molecule has 1 aromatic heterocycles. The minimum absolute atomic E-state index is 0.126. The molecule has 1 aliphatic heterocycles. The number of fused-ring (bicyclic) bond motifs is 1. The molecule has 0 bridgehead atoms. The maximum absolute atomic E-state index is 10.9. The molecular weight excluding hydrogens is 304 g/mol. The maximum Gasteiger partial charge on any atom is 0.310 e. The second kappa shape index (κ2) is 5.47. The van der Waals surface area contributed by atoms with E-state index in [1.807, 2.05) is 0 Å². The van der Waals surface area contributed by atoms with E-state index in [1.165, 1.54) is 17.3 Å². The Kier molecular flexibility index (Phi) is 3.40. The second-order valence-corrected chi connectivity index (χ2v) is 6.97. The number of rotatable bonds is 2. The number of piperidine rings is 1. The number of pyridine rings is 1. The molecule has 0 saturated carbocycles. The van der Waals surface area contributed by atoms with Crippen LogP contribution < -0.4 is 10.6 Å². The molecule has 2 aromatic rings. The topological polar surface area (TPSA) is 85.3 Å². The lowest BCUT2D eigenvalue weighted by Crippen LogP contribution is -2.41. The third kappa shape index (κ3) is 2.48. The lowest BCUT2D eigenvalue weighted by atomic mass is 9.76. The number of benzene rings is 1. The third-order valence-corrected chi connectivity index (χ3v) is 5.49. The smallest absolute Gasteiger partial charge is 0.310 e. The first-order valence-electron chi connectivity index (χ1n) is 8.28. The number of aromatic nitrogens is 1. The highest BCUT2D eigenvalue weighted by Gasteiger charge is 2.39. The van der Waals surface area contributed by atoms with Crippen molar-refractivity contribution in [2.45, 2.75) is 25.7 Å². The van der Waals surface area contributed by atoms with Crippen LogP contribution in [-0.2, 0) is 12.8 Å². The molecule has 1 aliphatic carbocycles. The Morgan fingerprint density at radius 3 is 2.33 bits per heavy atom. The Balaban J connectivity index is 1.47. The predicted octanol–water partition coefficient (Wildman–Crippen LogP) is 2.96. The summed E-state index contributed by atoms with van der Waals surface area (Å²) in [7, 11) is 0. The summed E-state index contributed by atoms with van der Waals surface area (Å²) in [6.07, 6.45) is 5.81. The molecule has 6 nitrogen and oxygen atoms in total. The van der Waals surface area contributed by atoms with Crippen molar-refractivity contribution in [3.8, 4) is 0 Å². The van der Waals surface area contributed by atoms with Crippen LogP contribution in [0, 0.1) is 15.5 Å². The van der Waals surface area contributed by atoms with E-state index in [2.05, 4.69) is 34.1 Å². The van der Waals surface area contributed by atoms with E-state index < -0.39 is 4.92 Å². The Hall–Kier alpha value is -2.63. The monoisotopic (exact) mass is 324 g/mol. The van der Waals surface area contributed by atoms with Crippen LogP contribution in [0.4, 0.5) is 17.2 Å². The van der Waals surface area contributed by atoms with Crippen LogP contribution in [0.5, 0.6) is 0 Å². The van der Waals surface area contributed by atoms with Crippen LogP contribution in [0.25, 0.3) is 0 Å². The number of anilines is 2. The molecule has 6 heteroatoms. The van der Waals surface area contributed by atoms with E-state index in [1.54, 1.807) is 6.07 Å². The molecule has 124 valence electrons. The summed E-state index contributed by atoms with van der Waals surface area (Å²) < 4.78 is 0. The third-order valence-electron chi connectivity index (χ3n) is 5.49. The summed E-state index contributed by atoms with van der Waals surface area (Å²) in [5.41, 5.74) is 9.19. The highest BCUT2D eigenvalue weighted by Crippen LogP contribution is 2.45. The van der Waals surface area contributed by atoms with Crippen LogP contribution in [0.15, 0.2) is 36.5 Å². The molecule has 2 N–H and O–H groups in total. The van der Waals surface area contributed by atoms with Crippen molar-refractivity contribution in [3.05, 3.63) is 57.8 Å². The summed E-state index contributed by atoms with van der Waals surface area (Å²) >= 11 is 0. The van der Waals surface area contributed by atoms with Crippen molar-refractivity contribution in [2.75, 3.05) is 23.7 Å². The Morgan fingerprint density at radius 2 is 1.79 bits per heavy atom. The van der Waals surface area contributed by atoms with Gasteiger partial charge in [0.2, 0.25) is 0 Å². The fourth-order valence-corrected chi connectivity index (χ4v) is 4.11. The van der Waals surface area contributed by atoms with Gasteiger partial charge in [-0.15, -0.1) is 0 Å². The summed E-state index contributed by atoms with van der Waals surface area (Å²) in [4.78, 5) is 16.8. The lowest BCUT2D eigenvalue weighted by Gasteiger charge is -2.40. The molecule has 0 amide bonds. The van der Waals surface area contributed by atoms with Gasteiger partial charge in [0, 0.05) is 19.2 Å². The van der Waals surface area contributed by atoms with Crippen molar-refractivity contribution in [2.24, 2.45) is 5.41 Å². The van der Waals surface area contributed by atoms with Gasteiger partial charge in [-0.3, -0.25) is 10.1 Å². The molecule has 24 heavy (non-hydrogen) atoms. The average molecular weight is 324 g/mol. The number of nitrogens with zero attached hydrogens (tertiary/aromatic N) is 3. The number of hydrogen-bond acceptors (Lipinski definition) is 5. The molecule has 0 unspecified atom stereocenters. The SMILES string of the molecule is Nc1cc(N2CCC3(CC2)Cc2ccccc2C3)ncc1[N+](=O)[O-]. The van der Waals surface area contributed by atoms with Gasteiger partial charge in [-0.25, -0.2) is 4.98 Å². The number of nitro groups is 1. The van der Waals surface area contributed by atoms with Crippen LogP contribution in [0.2, 0.25) is 0 Å². The normalized spacial score (nSPS) is 18.6. The Labute approximate surface area is 140 Å². The van der Waals surface area contributed by atoms with Crippen LogP contribution in [-0.4, -0.2) is 23.0 Å². The molecule has 4 rings (SSSR count). The van der Waals surface area contributed by atoms with Gasteiger partial charge in [-0.05, 0) is 42.2 Å². The van der Waals surface area contributed by atoms with Gasteiger partial charge in [-0.1, -0.05) is 24.3 Å². The van der Waals surface area contributed by atoms with E-state index in [9.17, 15) is 10.1 Å². The van der Waals surface area contributed by atoms with Gasteiger partial charge in [0.25, 0.3) is 0 Å². The molecule has 1 aromatic carbocycles. The fourth-order valence-electron chi connectivity index (χ4n) is 4.11. The van der Waals surface area contributed by atoms with E-state index in [-0.39, 0.29) is 11.4 Å². The van der Waals surface area contributed by atoms with Gasteiger partial charge >= 0.3 is 5.69 Å². The zero-order valence-corrected chi connectivity index (χ0v) is 13.4. The minimum Gasteiger partial charge on any atom is -0.393 e. The van der Waals surface area contributed by atoms with E-state index in [4.69, 9.17) is 5.73 Å². The number of hydrogen-bond donors (Lipinski definition) is 1. The van der Waals surface area contributed by atoms with Crippen molar-refractivity contribution < 1.29 is 4.92 Å². The number of nitrogen functional groups attached to an aromatic ring is 1. The Morgan fingerprint density at radius 1 is 1.17 bits per heavy atom. The molecule has 1 saturated heterocycles. The molecular formula is C18H20N4O2. The molecule has 1 fully saturated rings. The second-order valence-electron chi connectivity index (χ2n) is 6.97. The average Bonchev–Trinajstić information content (AvgIpc) is 2.92. The van der Waals surface area contributed by atoms with Crippen LogP contribution in [0.3, 0.4) is 0 Å². The van der Waals surface area contributed by atoms with E-state index in [0.29, 0.717) is 5.41 Å². The fraction of sp³-hybridized carbons (Fsp3) is 0.389. The highest BCUT2D eigenvalue weighted by atomic mass is 16.6. The zero-order valence-electron chi connectivity index (χ0n) is 13.4. The van der Waals surface area contributed by atoms with E-state index in [0.717, 1.165) is 44.6 Å². The first kappa shape index (κ1) is 14.9. The zero-order chi connectivity index (χ0) is 16.7. The van der Waals surface area contributed by atoms with Crippen molar-refractivity contribution in [1.82, 2.24) is 4.98 Å². The Bertz CT molecular complexity index is 770. The van der Waals surface area contributed by atoms with Crippen LogP contribution in [0.1, 0.15) is 24.0 Å². The largest absolute Gasteiger partial charge is 0.393 e. The minimum atomic E-state index is -0.493. The van der Waals surface area contributed by atoms with Gasteiger partial charge < -0.3 is 10.6 Å². The summed E-state index contributed by atoms with van der Waals surface area (Å²) in [6, 6.07) is 10.4. The maximum atomic E-state index is 10.9. The summed E-state index contributed by atoms with van der Waals surface area (Å²) in [5.74, 6) is 0.739. The number of nitrogens with two attached hydrogens (primary N) is 1. The first-order chi connectivity index (χ1) is 11.6. The summed E-state index contributed by atoms with van der Waals surface area (Å²) in [5, 5.41) is 10.9.